The molecule has 0 aliphatic carbocycles. The molecule has 1 aromatic carbocycles. The number of fused-ring (bicyclic) bond motifs is 5. The molecule has 4 heterocycles. The summed E-state index contributed by atoms with van der Waals surface area (Å²) in [6, 6.07) is 9.65. The Balaban J connectivity index is 1.78. The number of ether oxygens (including phenoxy) is 1. The van der Waals surface area contributed by atoms with Gasteiger partial charge in [0.1, 0.15) is 6.61 Å². The second-order valence-electron chi connectivity index (χ2n) is 7.63. The fourth-order valence-electron chi connectivity index (χ4n) is 4.41. The normalized spacial score (nSPS) is 20.4. The molecule has 5 rings (SSSR count). The highest BCUT2D eigenvalue weighted by Crippen LogP contribution is 2.44. The van der Waals surface area contributed by atoms with Crippen molar-refractivity contribution in [3.05, 3.63) is 62.9 Å². The predicted octanol–water partition coefficient (Wildman–Crippen LogP) is 2.79. The van der Waals surface area contributed by atoms with Crippen LogP contribution in [0.25, 0.3) is 22.3 Å². The van der Waals surface area contributed by atoms with Gasteiger partial charge >= 0.3 is 14.2 Å². The van der Waals surface area contributed by atoms with Gasteiger partial charge in [0.2, 0.25) is 0 Å². The SMILES string of the molecule is CC[C@@]1(O[PH](=O)O)C(=O)OCc2c1cc1n(c2=O)Cc2cc3cc(C)ccc3nc2-1. The standard InChI is InChI=1S/C21H19N2O6P/c1-3-21(29-30(26)27)15-8-17-18-13(7-12-6-11(2)4-5-16(12)22-18)9-23(17)19(24)14(15)10-28-20(21)25/h4-8,30H,3,9-10H2,1-2H3,(H,26,27)/t21-/m0/s1. The fourth-order valence-corrected chi connectivity index (χ4v) is 5.05. The lowest BCUT2D eigenvalue weighted by Gasteiger charge is -2.34. The van der Waals surface area contributed by atoms with E-state index in [9.17, 15) is 19.0 Å². The summed E-state index contributed by atoms with van der Waals surface area (Å²) in [4.78, 5) is 40.1. The number of cyclic esters (lactones) is 1. The van der Waals surface area contributed by atoms with Gasteiger partial charge in [-0.15, -0.1) is 0 Å². The number of rotatable bonds is 3. The van der Waals surface area contributed by atoms with Gasteiger partial charge in [0.15, 0.2) is 5.60 Å². The van der Waals surface area contributed by atoms with E-state index in [2.05, 4.69) is 0 Å². The van der Waals surface area contributed by atoms with Gasteiger partial charge in [0.05, 0.1) is 29.0 Å². The van der Waals surface area contributed by atoms with Crippen LogP contribution in [0.2, 0.25) is 0 Å². The molecular formula is C21H19N2O6P. The maximum absolute atomic E-state index is 13.3. The molecule has 9 heteroatoms. The van der Waals surface area contributed by atoms with Crippen LogP contribution in [-0.2, 0) is 37.4 Å². The Morgan fingerprint density at radius 2 is 2.10 bits per heavy atom. The van der Waals surface area contributed by atoms with E-state index in [1.54, 1.807) is 17.6 Å². The molecule has 2 aliphatic rings. The van der Waals surface area contributed by atoms with Crippen LogP contribution in [0, 0.1) is 6.92 Å². The molecule has 0 saturated carbocycles. The molecule has 0 saturated heterocycles. The van der Waals surface area contributed by atoms with Crippen molar-refractivity contribution in [2.24, 2.45) is 0 Å². The van der Waals surface area contributed by atoms with E-state index in [0.717, 1.165) is 22.0 Å². The second-order valence-corrected chi connectivity index (χ2v) is 8.37. The van der Waals surface area contributed by atoms with Crippen LogP contribution in [0.4, 0.5) is 0 Å². The number of aryl methyl sites for hydroxylation is 1. The molecule has 0 radical (unpaired) electrons. The van der Waals surface area contributed by atoms with Gasteiger partial charge in [-0.1, -0.05) is 18.6 Å². The number of aromatic nitrogens is 2. The largest absolute Gasteiger partial charge is 0.458 e. The van der Waals surface area contributed by atoms with E-state index in [0.29, 0.717) is 17.9 Å². The summed E-state index contributed by atoms with van der Waals surface area (Å²) in [6.07, 6.45) is 0.0516. The van der Waals surface area contributed by atoms with Crippen molar-refractivity contribution < 1.29 is 23.5 Å². The first kappa shape index (κ1) is 19.2. The van der Waals surface area contributed by atoms with Gasteiger partial charge in [-0.25, -0.2) is 9.78 Å². The topological polar surface area (TPSA) is 108 Å². The van der Waals surface area contributed by atoms with Gasteiger partial charge < -0.3 is 14.2 Å². The lowest BCUT2D eigenvalue weighted by atomic mass is 9.86. The number of pyridine rings is 2. The van der Waals surface area contributed by atoms with Crippen LogP contribution in [0.1, 0.15) is 35.6 Å². The smallest absolute Gasteiger partial charge is 0.344 e. The van der Waals surface area contributed by atoms with Gasteiger partial charge in [-0.3, -0.25) is 13.9 Å². The van der Waals surface area contributed by atoms with E-state index in [4.69, 9.17) is 14.2 Å². The molecule has 0 fully saturated rings. The molecule has 0 bridgehead atoms. The van der Waals surface area contributed by atoms with E-state index in [1.165, 1.54) is 0 Å². The summed E-state index contributed by atoms with van der Waals surface area (Å²) in [5.41, 5.74) is 2.48. The third-order valence-electron chi connectivity index (χ3n) is 5.89. The monoisotopic (exact) mass is 426 g/mol. The Kier molecular flexibility index (Phi) is 4.22. The Labute approximate surface area is 172 Å². The average molecular weight is 426 g/mol. The Bertz CT molecular complexity index is 1330. The molecule has 154 valence electrons. The maximum atomic E-state index is 13.3. The second kappa shape index (κ2) is 6.60. The van der Waals surface area contributed by atoms with Crippen LogP contribution in [0.3, 0.4) is 0 Å². The number of carbonyl (C=O) groups excluding carboxylic acids is 1. The summed E-state index contributed by atoms with van der Waals surface area (Å²) in [5, 5.41) is 0.989. The van der Waals surface area contributed by atoms with Crippen LogP contribution in [0.15, 0.2) is 35.1 Å². The summed E-state index contributed by atoms with van der Waals surface area (Å²) in [5.74, 6) is -0.769. The molecule has 3 aromatic rings. The first-order valence-corrected chi connectivity index (χ1v) is 10.9. The lowest BCUT2D eigenvalue weighted by Crippen LogP contribution is -2.45. The highest BCUT2D eigenvalue weighted by Gasteiger charge is 2.49. The molecule has 1 N–H and O–H groups in total. The highest BCUT2D eigenvalue weighted by atomic mass is 31.1. The zero-order chi connectivity index (χ0) is 21.2. The van der Waals surface area contributed by atoms with Crippen molar-refractivity contribution in [3.63, 3.8) is 0 Å². The van der Waals surface area contributed by atoms with Gasteiger partial charge in [0, 0.05) is 16.5 Å². The number of benzene rings is 1. The minimum Gasteiger partial charge on any atom is -0.458 e. The van der Waals surface area contributed by atoms with Crippen molar-refractivity contribution in [1.29, 1.82) is 0 Å². The Hall–Kier alpha value is -2.80. The first-order chi connectivity index (χ1) is 14.3. The Morgan fingerprint density at radius 1 is 1.30 bits per heavy atom. The number of hydrogen-bond donors (Lipinski definition) is 1. The summed E-state index contributed by atoms with van der Waals surface area (Å²) >= 11 is 0. The van der Waals surface area contributed by atoms with Gasteiger partial charge in [-0.2, -0.15) is 0 Å². The molecule has 1 unspecified atom stereocenters. The highest BCUT2D eigenvalue weighted by molar-refractivity contribution is 7.32. The molecule has 0 spiro atoms. The quantitative estimate of drug-likeness (QED) is 0.396. The molecule has 2 aliphatic heterocycles. The van der Waals surface area contributed by atoms with Crippen LogP contribution >= 0.6 is 8.25 Å². The summed E-state index contributed by atoms with van der Waals surface area (Å²) in [6.45, 7) is 3.82. The number of esters is 1. The predicted molar refractivity (Wildman–Crippen MR) is 109 cm³/mol. The molecule has 8 nitrogen and oxygen atoms in total. The first-order valence-electron chi connectivity index (χ1n) is 9.61. The number of carbonyl (C=O) groups is 1. The van der Waals surface area contributed by atoms with E-state index < -0.39 is 19.8 Å². The van der Waals surface area contributed by atoms with Crippen molar-refractivity contribution in [3.8, 4) is 11.4 Å². The lowest BCUT2D eigenvalue weighted by molar-refractivity contribution is -0.169. The van der Waals surface area contributed by atoms with Crippen molar-refractivity contribution >= 4 is 25.1 Å². The van der Waals surface area contributed by atoms with Gasteiger partial charge in [-0.05, 0) is 37.6 Å². The van der Waals surface area contributed by atoms with Gasteiger partial charge in [0.25, 0.3) is 5.56 Å². The van der Waals surface area contributed by atoms with Crippen molar-refractivity contribution in [2.75, 3.05) is 0 Å². The minimum absolute atomic E-state index is 0.0516. The molecule has 2 aromatic heterocycles. The van der Waals surface area contributed by atoms with E-state index >= 15 is 0 Å². The van der Waals surface area contributed by atoms with E-state index in [-0.39, 0.29) is 29.7 Å². The summed E-state index contributed by atoms with van der Waals surface area (Å²) in [7, 11) is -3.47. The molecular weight excluding hydrogens is 407 g/mol. The molecule has 2 atom stereocenters. The van der Waals surface area contributed by atoms with Crippen LogP contribution in [0.5, 0.6) is 0 Å². The maximum Gasteiger partial charge on any atom is 0.344 e. The third kappa shape index (κ3) is 2.61. The third-order valence-corrected chi connectivity index (χ3v) is 6.42. The Morgan fingerprint density at radius 3 is 2.83 bits per heavy atom. The van der Waals surface area contributed by atoms with E-state index in [1.807, 2.05) is 31.2 Å². The summed E-state index contributed by atoms with van der Waals surface area (Å²) < 4.78 is 23.5. The zero-order valence-electron chi connectivity index (χ0n) is 16.4. The van der Waals surface area contributed by atoms with Crippen molar-refractivity contribution in [1.82, 2.24) is 9.55 Å². The number of nitrogens with zero attached hydrogens (tertiary/aromatic N) is 2. The van der Waals surface area contributed by atoms with Crippen LogP contribution in [-0.4, -0.2) is 20.4 Å². The average Bonchev–Trinajstić information content (AvgIpc) is 3.06. The van der Waals surface area contributed by atoms with Crippen molar-refractivity contribution in [2.45, 2.75) is 39.0 Å². The fraction of sp³-hybridized carbons (Fsp3) is 0.286. The molecule has 0 amide bonds. The minimum atomic E-state index is -3.47. The zero-order valence-corrected chi connectivity index (χ0v) is 17.4. The van der Waals surface area contributed by atoms with Crippen LogP contribution < -0.4 is 5.56 Å². The number of hydrogen-bond acceptors (Lipinski definition) is 6. The molecule has 30 heavy (non-hydrogen) atoms.